The molecule has 0 aromatic heterocycles. The van der Waals surface area contributed by atoms with E-state index >= 15 is 0 Å². The van der Waals surface area contributed by atoms with E-state index in [0.29, 0.717) is 36.3 Å². The molecule has 4 nitrogen and oxygen atoms in total. The van der Waals surface area contributed by atoms with Gasteiger partial charge in [-0.15, -0.1) is 36.3 Å². The van der Waals surface area contributed by atoms with E-state index in [1.165, 1.54) is 0 Å². The Morgan fingerprint density at radius 3 is 0.440 bits per heavy atom. The minimum Gasteiger partial charge on any atom is -0.668 e. The van der Waals surface area contributed by atoms with E-state index in [1.807, 2.05) is 0 Å². The average molecular weight is 392 g/mol. The van der Waals surface area contributed by atoms with Crippen molar-refractivity contribution in [1.82, 2.24) is 0 Å². The smallest absolute Gasteiger partial charge is 0.668 e. The second kappa shape index (κ2) is 26.8. The number of rotatable bonds is 6. The van der Waals surface area contributed by atoms with E-state index in [2.05, 4.69) is 104 Å². The van der Waals surface area contributed by atoms with Crippen LogP contribution in [0.15, 0.2) is 0 Å². The summed E-state index contributed by atoms with van der Waals surface area (Å²) in [6.07, 6.45) is 0. The first-order chi connectivity index (χ1) is 10.8. The molecule has 5 heteroatoms. The molecular formula is C20H48N4Ti. The SMILES string of the molecule is CC(C)[N-]C(C)C.CC(C)[N-]C(C)C.CC(C)[N-]C(C)C.C[N-]C.[Ti+4]. The van der Waals surface area contributed by atoms with Crippen LogP contribution >= 0.6 is 0 Å². The number of hydrogen-bond acceptors (Lipinski definition) is 0. The molecule has 0 amide bonds. The Bertz CT molecular complexity index is 155. The van der Waals surface area contributed by atoms with Crippen LogP contribution < -0.4 is 0 Å². The largest absolute Gasteiger partial charge is 4.00 e. The van der Waals surface area contributed by atoms with Gasteiger partial charge in [0.15, 0.2) is 0 Å². The van der Waals surface area contributed by atoms with Gasteiger partial charge in [-0.1, -0.05) is 83.1 Å². The summed E-state index contributed by atoms with van der Waals surface area (Å²) in [7, 11) is 3.50. The molecule has 0 atom stereocenters. The van der Waals surface area contributed by atoms with E-state index < -0.39 is 0 Å². The van der Waals surface area contributed by atoms with Crippen LogP contribution in [0.3, 0.4) is 0 Å². The molecule has 0 aromatic rings. The Morgan fingerprint density at radius 1 is 0.360 bits per heavy atom. The zero-order chi connectivity index (χ0) is 20.3. The molecule has 0 aliphatic heterocycles. The molecule has 0 heterocycles. The molecule has 0 rings (SSSR count). The van der Waals surface area contributed by atoms with Crippen LogP contribution in [0.25, 0.3) is 21.3 Å². The summed E-state index contributed by atoms with van der Waals surface area (Å²) in [5.41, 5.74) is 0. The third kappa shape index (κ3) is 79.3. The molecule has 0 saturated heterocycles. The Morgan fingerprint density at radius 2 is 0.440 bits per heavy atom. The summed E-state index contributed by atoms with van der Waals surface area (Å²) >= 11 is 0. The molecule has 0 spiro atoms. The van der Waals surface area contributed by atoms with Crippen molar-refractivity contribution < 1.29 is 21.7 Å². The van der Waals surface area contributed by atoms with Gasteiger partial charge in [-0.25, -0.2) is 0 Å². The summed E-state index contributed by atoms with van der Waals surface area (Å²) in [5, 5.41) is 16.3. The van der Waals surface area contributed by atoms with E-state index in [1.54, 1.807) is 14.1 Å². The Labute approximate surface area is 176 Å². The first kappa shape index (κ1) is 36.5. The first-order valence-corrected chi connectivity index (χ1v) is 9.37. The molecule has 0 radical (unpaired) electrons. The van der Waals surface area contributed by atoms with Gasteiger partial charge in [-0.2, -0.15) is 14.1 Å². The molecule has 0 bridgehead atoms. The fraction of sp³-hybridized carbons (Fsp3) is 1.00. The van der Waals surface area contributed by atoms with Gasteiger partial charge in [0.05, 0.1) is 0 Å². The summed E-state index contributed by atoms with van der Waals surface area (Å²) in [5.74, 6) is 0. The van der Waals surface area contributed by atoms with Crippen molar-refractivity contribution in [3.05, 3.63) is 21.3 Å². The topological polar surface area (TPSA) is 56.4 Å². The van der Waals surface area contributed by atoms with Crippen molar-refractivity contribution in [1.29, 1.82) is 0 Å². The maximum Gasteiger partial charge on any atom is 4.00 e. The Kier molecular flexibility index (Phi) is 39.1. The summed E-state index contributed by atoms with van der Waals surface area (Å²) in [4.78, 5) is 0. The molecule has 0 unspecified atom stereocenters. The normalized spacial score (nSPS) is 10.1. The molecular weight excluding hydrogens is 344 g/mol. The van der Waals surface area contributed by atoms with Crippen LogP contribution in [0.5, 0.6) is 0 Å². The zero-order valence-corrected chi connectivity index (χ0v) is 21.3. The van der Waals surface area contributed by atoms with Crippen LogP contribution in [0.1, 0.15) is 83.1 Å². The van der Waals surface area contributed by atoms with Gasteiger partial charge in [0.2, 0.25) is 0 Å². The predicted molar refractivity (Wildman–Crippen MR) is 116 cm³/mol. The van der Waals surface area contributed by atoms with E-state index in [-0.39, 0.29) is 21.7 Å². The third-order valence-corrected chi connectivity index (χ3v) is 1.79. The van der Waals surface area contributed by atoms with Crippen molar-refractivity contribution in [3.63, 3.8) is 0 Å². The molecule has 0 aliphatic carbocycles. The minimum absolute atomic E-state index is 0. The molecule has 0 fully saturated rings. The third-order valence-electron chi connectivity index (χ3n) is 1.79. The average Bonchev–Trinajstić information content (AvgIpc) is 2.24. The monoisotopic (exact) mass is 392 g/mol. The Balaban J connectivity index is -0.0000000727. The van der Waals surface area contributed by atoms with Crippen LogP contribution in [0.2, 0.25) is 0 Å². The van der Waals surface area contributed by atoms with E-state index in [0.717, 1.165) is 0 Å². The molecule has 152 valence electrons. The fourth-order valence-corrected chi connectivity index (χ4v) is 1.79. The number of nitrogens with zero attached hydrogens (tertiary/aromatic N) is 4. The van der Waals surface area contributed by atoms with Crippen molar-refractivity contribution in [2.45, 2.75) is 119 Å². The van der Waals surface area contributed by atoms with Crippen molar-refractivity contribution in [2.24, 2.45) is 0 Å². The van der Waals surface area contributed by atoms with Gasteiger partial charge in [0.25, 0.3) is 0 Å². The van der Waals surface area contributed by atoms with Gasteiger partial charge in [-0.3, -0.25) is 0 Å². The van der Waals surface area contributed by atoms with Crippen LogP contribution in [-0.4, -0.2) is 50.3 Å². The van der Waals surface area contributed by atoms with Gasteiger partial charge in [-0.05, 0) is 0 Å². The predicted octanol–water partition coefficient (Wildman–Crippen LogP) is 7.15. The van der Waals surface area contributed by atoms with E-state index in [9.17, 15) is 0 Å². The molecule has 25 heavy (non-hydrogen) atoms. The van der Waals surface area contributed by atoms with Gasteiger partial charge in [0.1, 0.15) is 0 Å². The van der Waals surface area contributed by atoms with Gasteiger partial charge < -0.3 is 21.3 Å². The minimum atomic E-state index is 0. The maximum absolute atomic E-state index is 4.28. The van der Waals surface area contributed by atoms with Gasteiger partial charge in [0, 0.05) is 0 Å². The number of hydrogen-bond donors (Lipinski definition) is 0. The molecule has 0 saturated carbocycles. The van der Waals surface area contributed by atoms with Crippen LogP contribution in [-0.2, 0) is 21.7 Å². The molecule has 0 N–H and O–H groups in total. The Hall–Kier alpha value is 0.554. The molecule has 0 aromatic carbocycles. The molecule has 0 aliphatic rings. The van der Waals surface area contributed by atoms with Crippen LogP contribution in [0, 0.1) is 0 Å². The van der Waals surface area contributed by atoms with Gasteiger partial charge >= 0.3 is 21.7 Å². The summed E-state index contributed by atoms with van der Waals surface area (Å²) in [6.45, 7) is 25.2. The maximum atomic E-state index is 4.28. The standard InChI is InChI=1S/3C6H14N.C2H6N.Ti/c3*1-5(2)7-6(3)4;1-3-2;/h3*5-6H,1-4H3;1-2H3;/q4*-1;+4. The second-order valence-corrected chi connectivity index (χ2v) is 7.46. The zero-order valence-electron chi connectivity index (χ0n) is 19.8. The van der Waals surface area contributed by atoms with Crippen molar-refractivity contribution >= 4 is 0 Å². The van der Waals surface area contributed by atoms with E-state index in [4.69, 9.17) is 0 Å². The summed E-state index contributed by atoms with van der Waals surface area (Å²) < 4.78 is 0. The van der Waals surface area contributed by atoms with Crippen molar-refractivity contribution in [2.75, 3.05) is 14.1 Å². The quantitative estimate of drug-likeness (QED) is 0.431. The first-order valence-electron chi connectivity index (χ1n) is 9.37. The van der Waals surface area contributed by atoms with Crippen molar-refractivity contribution in [3.8, 4) is 0 Å². The fourth-order valence-electron chi connectivity index (χ4n) is 1.79. The van der Waals surface area contributed by atoms with Crippen LogP contribution in [0.4, 0.5) is 0 Å². The summed E-state index contributed by atoms with van der Waals surface area (Å²) in [6, 6.07) is 3.00. The second-order valence-electron chi connectivity index (χ2n) is 7.46.